The molecule has 1 saturated carbocycles. The van der Waals surface area contributed by atoms with E-state index in [0.29, 0.717) is 12.8 Å². The maximum Gasteiger partial charge on any atom is 0.199 e. The highest BCUT2D eigenvalue weighted by Gasteiger charge is 2.57. The first-order chi connectivity index (χ1) is 11.4. The highest BCUT2D eigenvalue weighted by atomic mass is 28.3. The van der Waals surface area contributed by atoms with Gasteiger partial charge in [0.25, 0.3) is 0 Å². The van der Waals surface area contributed by atoms with Crippen LogP contribution >= 0.6 is 0 Å². The van der Waals surface area contributed by atoms with Crippen LogP contribution in [0.15, 0.2) is 60.7 Å². The predicted octanol–water partition coefficient (Wildman–Crippen LogP) is 3.35. The Kier molecular flexibility index (Phi) is 4.30. The minimum absolute atomic E-state index is 0.0827. The first kappa shape index (κ1) is 16.8. The summed E-state index contributed by atoms with van der Waals surface area (Å²) in [5, 5.41) is 2.41. The molecule has 2 nitrogen and oxygen atoms in total. The van der Waals surface area contributed by atoms with E-state index in [4.69, 9.17) is 0 Å². The third kappa shape index (κ3) is 2.48. The normalized spacial score (nSPS) is 18.9. The molecule has 1 atom stereocenters. The minimum Gasteiger partial charge on any atom is -0.291 e. The Morgan fingerprint density at radius 3 is 1.62 bits per heavy atom. The largest absolute Gasteiger partial charge is 0.291 e. The zero-order valence-corrected chi connectivity index (χ0v) is 15.6. The maximum atomic E-state index is 12.8. The molecule has 0 heterocycles. The molecular weight excluding hydrogens is 312 g/mol. The molecule has 1 aliphatic carbocycles. The smallest absolute Gasteiger partial charge is 0.199 e. The van der Waals surface area contributed by atoms with Crippen molar-refractivity contribution in [3.05, 3.63) is 60.7 Å². The summed E-state index contributed by atoms with van der Waals surface area (Å²) in [4.78, 5) is 24.9. The number of hydrogen-bond acceptors (Lipinski definition) is 2. The van der Waals surface area contributed by atoms with E-state index in [9.17, 15) is 9.59 Å². The summed E-state index contributed by atoms with van der Waals surface area (Å²) in [5.41, 5.74) is -0.171. The number of carbonyl (C=O) groups excluding carboxylic acids is 2. The Morgan fingerprint density at radius 1 is 0.833 bits per heavy atom. The van der Waals surface area contributed by atoms with Crippen LogP contribution in [0, 0.1) is 0 Å². The van der Waals surface area contributed by atoms with Gasteiger partial charge in [0.15, 0.2) is 11.6 Å². The summed E-state index contributed by atoms with van der Waals surface area (Å²) in [6.07, 6.45) is 1.08. The lowest BCUT2D eigenvalue weighted by Crippen LogP contribution is -2.68. The van der Waals surface area contributed by atoms with E-state index in [1.165, 1.54) is 10.4 Å². The van der Waals surface area contributed by atoms with Crippen LogP contribution in [0.25, 0.3) is 0 Å². The molecule has 0 radical (unpaired) electrons. The topological polar surface area (TPSA) is 34.1 Å². The number of rotatable bonds is 3. The third-order valence-corrected chi connectivity index (χ3v) is 11.9. The first-order valence-corrected chi connectivity index (χ1v) is 10.6. The van der Waals surface area contributed by atoms with Crippen molar-refractivity contribution in [2.24, 2.45) is 0 Å². The molecule has 0 aromatic heterocycles. The van der Waals surface area contributed by atoms with Crippen LogP contribution in [-0.4, -0.2) is 19.6 Å². The van der Waals surface area contributed by atoms with Gasteiger partial charge in [-0.1, -0.05) is 91.8 Å². The lowest BCUT2D eigenvalue weighted by atomic mass is 10.2. The van der Waals surface area contributed by atoms with Crippen LogP contribution in [0.5, 0.6) is 0 Å². The molecular formula is C21H24O2Si. The number of Topliss-reactive ketones (excluding diaryl/α,β-unsaturated/α-hetero) is 2. The lowest BCUT2D eigenvalue weighted by Gasteiger charge is -2.47. The van der Waals surface area contributed by atoms with Crippen LogP contribution in [0.3, 0.4) is 0 Å². The van der Waals surface area contributed by atoms with Crippen LogP contribution in [0.4, 0.5) is 0 Å². The number of hydrogen-bond donors (Lipinski definition) is 0. The molecule has 0 spiro atoms. The second-order valence-corrected chi connectivity index (χ2v) is 12.6. The molecule has 24 heavy (non-hydrogen) atoms. The molecule has 0 saturated heterocycles. The number of benzene rings is 2. The molecule has 0 aliphatic heterocycles. The standard InChI is InChI=1S/C21H24O2Si/c1-21(2,3)24(16-10-6-4-7-11-16,17-12-8-5-9-13-17)19-15-14-18(22)20(19)23/h4-13,19H,14-15H2,1-3H3. The SMILES string of the molecule is CC(C)(C)[Si](c1ccccc1)(c1ccccc1)C1CCC(=O)C1=O. The summed E-state index contributed by atoms with van der Waals surface area (Å²) in [6.45, 7) is 6.69. The van der Waals surface area contributed by atoms with E-state index < -0.39 is 8.07 Å². The molecule has 0 bridgehead atoms. The Morgan fingerprint density at radius 2 is 1.29 bits per heavy atom. The summed E-state index contributed by atoms with van der Waals surface area (Å²) in [7, 11) is -2.49. The number of carbonyl (C=O) groups is 2. The quantitative estimate of drug-likeness (QED) is 0.636. The molecule has 3 heteroatoms. The van der Waals surface area contributed by atoms with Crippen molar-refractivity contribution in [2.75, 3.05) is 0 Å². The van der Waals surface area contributed by atoms with Crippen molar-refractivity contribution in [1.82, 2.24) is 0 Å². The second-order valence-electron chi connectivity index (χ2n) is 7.67. The average molecular weight is 337 g/mol. The lowest BCUT2D eigenvalue weighted by molar-refractivity contribution is -0.134. The molecule has 3 rings (SSSR count). The van der Waals surface area contributed by atoms with Crippen molar-refractivity contribution in [1.29, 1.82) is 0 Å². The van der Waals surface area contributed by atoms with Gasteiger partial charge in [0.1, 0.15) is 8.07 Å². The van der Waals surface area contributed by atoms with Gasteiger partial charge in [-0.3, -0.25) is 9.59 Å². The van der Waals surface area contributed by atoms with Crippen molar-refractivity contribution >= 4 is 30.0 Å². The fourth-order valence-electron chi connectivity index (χ4n) is 4.50. The van der Waals surface area contributed by atoms with Gasteiger partial charge in [0.05, 0.1) is 0 Å². The molecule has 0 N–H and O–H groups in total. The summed E-state index contributed by atoms with van der Waals surface area (Å²) < 4.78 is 0. The minimum atomic E-state index is -2.49. The summed E-state index contributed by atoms with van der Waals surface area (Å²) >= 11 is 0. The van der Waals surface area contributed by atoms with E-state index in [-0.39, 0.29) is 22.1 Å². The van der Waals surface area contributed by atoms with Crippen LogP contribution in [-0.2, 0) is 9.59 Å². The molecule has 2 aromatic rings. The predicted molar refractivity (Wildman–Crippen MR) is 101 cm³/mol. The van der Waals surface area contributed by atoms with Crippen molar-refractivity contribution in [3.63, 3.8) is 0 Å². The van der Waals surface area contributed by atoms with Gasteiger partial charge in [-0.05, 0) is 11.5 Å². The number of ketones is 2. The average Bonchev–Trinajstić information content (AvgIpc) is 2.89. The Hall–Kier alpha value is -2.00. The molecule has 1 unspecified atom stereocenters. The van der Waals surface area contributed by atoms with Crippen LogP contribution in [0.1, 0.15) is 33.6 Å². The van der Waals surface area contributed by atoms with E-state index in [2.05, 4.69) is 45.0 Å². The van der Waals surface area contributed by atoms with E-state index in [1.54, 1.807) is 0 Å². The van der Waals surface area contributed by atoms with E-state index in [1.807, 2.05) is 36.4 Å². The van der Waals surface area contributed by atoms with Gasteiger partial charge in [0.2, 0.25) is 0 Å². The van der Waals surface area contributed by atoms with Gasteiger partial charge in [-0.2, -0.15) is 0 Å². The highest BCUT2D eigenvalue weighted by molar-refractivity contribution is 7.08. The van der Waals surface area contributed by atoms with E-state index in [0.717, 1.165) is 0 Å². The van der Waals surface area contributed by atoms with Crippen LogP contribution < -0.4 is 10.4 Å². The molecule has 2 aromatic carbocycles. The van der Waals surface area contributed by atoms with Crippen molar-refractivity contribution in [2.45, 2.75) is 44.2 Å². The first-order valence-electron chi connectivity index (χ1n) is 8.57. The summed E-state index contributed by atoms with van der Waals surface area (Å²) in [6, 6.07) is 20.8. The van der Waals surface area contributed by atoms with Gasteiger partial charge in [-0.15, -0.1) is 0 Å². The van der Waals surface area contributed by atoms with E-state index >= 15 is 0 Å². The third-order valence-electron chi connectivity index (χ3n) is 5.42. The second kappa shape index (κ2) is 6.13. The molecule has 0 amide bonds. The Bertz CT molecular complexity index is 705. The van der Waals surface area contributed by atoms with Crippen molar-refractivity contribution < 1.29 is 9.59 Å². The Balaban J connectivity index is 2.34. The van der Waals surface area contributed by atoms with Gasteiger partial charge >= 0.3 is 0 Å². The zero-order chi connectivity index (χ0) is 17.4. The monoisotopic (exact) mass is 336 g/mol. The van der Waals surface area contributed by atoms with Crippen LogP contribution in [0.2, 0.25) is 10.6 Å². The highest BCUT2D eigenvalue weighted by Crippen LogP contribution is 2.47. The molecule has 1 fully saturated rings. The molecule has 124 valence electrons. The Labute approximate surface area is 144 Å². The fraction of sp³-hybridized carbons (Fsp3) is 0.333. The van der Waals surface area contributed by atoms with Crippen molar-refractivity contribution in [3.8, 4) is 0 Å². The molecule has 1 aliphatic rings. The van der Waals surface area contributed by atoms with Gasteiger partial charge in [0, 0.05) is 12.0 Å². The van der Waals surface area contributed by atoms with Gasteiger partial charge in [-0.25, -0.2) is 0 Å². The zero-order valence-electron chi connectivity index (χ0n) is 14.6. The van der Waals surface area contributed by atoms with Gasteiger partial charge < -0.3 is 0 Å². The fourth-order valence-corrected chi connectivity index (χ4v) is 11.0. The summed E-state index contributed by atoms with van der Waals surface area (Å²) in [5.74, 6) is -0.336. The maximum absolute atomic E-state index is 12.8.